The maximum Gasteiger partial charge on any atom is 0.416 e. The highest BCUT2D eigenvalue weighted by molar-refractivity contribution is 6.08. The van der Waals surface area contributed by atoms with Crippen LogP contribution in [0.2, 0.25) is 0 Å². The maximum absolute atomic E-state index is 13.5. The first kappa shape index (κ1) is 24.7. The Morgan fingerprint density at radius 2 is 1.65 bits per heavy atom. The van der Waals surface area contributed by atoms with Crippen LogP contribution in [0.5, 0.6) is 0 Å². The van der Waals surface area contributed by atoms with E-state index in [1.165, 1.54) is 18.2 Å². The Morgan fingerprint density at radius 3 is 2.41 bits per heavy atom. The molecule has 1 heterocycles. The van der Waals surface area contributed by atoms with Crippen LogP contribution >= 0.6 is 0 Å². The number of rotatable bonds is 5. The smallest absolute Gasteiger partial charge is 0.322 e. The summed E-state index contributed by atoms with van der Waals surface area (Å²) in [6, 6.07) is 24.1. The monoisotopic (exact) mass is 504 g/mol. The van der Waals surface area contributed by atoms with E-state index in [1.807, 2.05) is 24.3 Å². The van der Waals surface area contributed by atoms with E-state index in [-0.39, 0.29) is 11.7 Å². The van der Waals surface area contributed by atoms with Crippen molar-refractivity contribution in [2.24, 2.45) is 0 Å². The SMILES string of the molecule is O=C(Nc1ccc2c(c1)CCN(Cc1cccc(F)c1)C2)c1ccccc1-c1ccc(C(F)(F)F)cc1. The van der Waals surface area contributed by atoms with Crippen molar-refractivity contribution in [2.45, 2.75) is 25.7 Å². The lowest BCUT2D eigenvalue weighted by Crippen LogP contribution is -2.30. The number of nitrogens with zero attached hydrogens (tertiary/aromatic N) is 1. The number of alkyl halides is 3. The van der Waals surface area contributed by atoms with Crippen molar-refractivity contribution in [3.8, 4) is 11.1 Å². The quantitative estimate of drug-likeness (QED) is 0.289. The molecule has 0 radical (unpaired) electrons. The number of amides is 1. The molecule has 0 saturated carbocycles. The molecule has 1 aliphatic heterocycles. The fraction of sp³-hybridized carbons (Fsp3) is 0.167. The van der Waals surface area contributed by atoms with Crippen LogP contribution in [0.3, 0.4) is 0 Å². The molecule has 0 spiro atoms. The Morgan fingerprint density at radius 1 is 0.865 bits per heavy atom. The van der Waals surface area contributed by atoms with E-state index in [9.17, 15) is 22.4 Å². The van der Waals surface area contributed by atoms with Crippen molar-refractivity contribution in [1.82, 2.24) is 4.90 Å². The molecule has 7 heteroatoms. The summed E-state index contributed by atoms with van der Waals surface area (Å²) >= 11 is 0. The van der Waals surface area contributed by atoms with E-state index in [4.69, 9.17) is 0 Å². The molecule has 37 heavy (non-hydrogen) atoms. The third-order valence-electron chi connectivity index (χ3n) is 6.55. The largest absolute Gasteiger partial charge is 0.416 e. The lowest BCUT2D eigenvalue weighted by molar-refractivity contribution is -0.137. The second-order valence-electron chi connectivity index (χ2n) is 9.15. The summed E-state index contributed by atoms with van der Waals surface area (Å²) in [6.45, 7) is 2.21. The molecule has 1 amide bonds. The van der Waals surface area contributed by atoms with E-state index in [2.05, 4.69) is 10.2 Å². The summed E-state index contributed by atoms with van der Waals surface area (Å²) in [5, 5.41) is 2.94. The first-order valence-corrected chi connectivity index (χ1v) is 11.9. The average Bonchev–Trinajstić information content (AvgIpc) is 2.88. The molecule has 0 aromatic heterocycles. The first-order valence-electron chi connectivity index (χ1n) is 11.9. The van der Waals surface area contributed by atoms with Crippen molar-refractivity contribution < 1.29 is 22.4 Å². The summed E-state index contributed by atoms with van der Waals surface area (Å²) in [5.74, 6) is -0.575. The van der Waals surface area contributed by atoms with Gasteiger partial charge in [-0.25, -0.2) is 4.39 Å². The van der Waals surface area contributed by atoms with E-state index < -0.39 is 11.7 Å². The number of hydrogen-bond donors (Lipinski definition) is 1. The third-order valence-corrected chi connectivity index (χ3v) is 6.55. The zero-order chi connectivity index (χ0) is 26.0. The van der Waals surface area contributed by atoms with Gasteiger partial charge >= 0.3 is 6.18 Å². The zero-order valence-electron chi connectivity index (χ0n) is 19.9. The standard InChI is InChI=1S/C30H24F4N2O/c31-25-5-3-4-20(16-25)18-36-15-14-22-17-26(13-10-23(22)19-36)35-29(37)28-7-2-1-6-27(28)21-8-11-24(12-9-21)30(32,33)34/h1-13,16-17H,14-15,18-19H2,(H,35,37). The number of anilines is 1. The number of halogens is 4. The van der Waals surface area contributed by atoms with Crippen LogP contribution in [0.25, 0.3) is 11.1 Å². The molecule has 0 atom stereocenters. The van der Waals surface area contributed by atoms with Gasteiger partial charge in [-0.3, -0.25) is 9.69 Å². The van der Waals surface area contributed by atoms with Crippen molar-refractivity contribution in [3.05, 3.63) is 125 Å². The van der Waals surface area contributed by atoms with Crippen molar-refractivity contribution in [2.75, 3.05) is 11.9 Å². The van der Waals surface area contributed by atoms with Gasteiger partial charge in [-0.05, 0) is 76.7 Å². The molecule has 0 saturated heterocycles. The minimum atomic E-state index is -4.42. The topological polar surface area (TPSA) is 32.3 Å². The van der Waals surface area contributed by atoms with Gasteiger partial charge < -0.3 is 5.32 Å². The van der Waals surface area contributed by atoms with Crippen LogP contribution in [-0.2, 0) is 25.7 Å². The second kappa shape index (κ2) is 10.2. The van der Waals surface area contributed by atoms with Crippen LogP contribution in [0.1, 0.15) is 32.6 Å². The van der Waals surface area contributed by atoms with Gasteiger partial charge in [-0.2, -0.15) is 13.2 Å². The predicted octanol–water partition coefficient (Wildman–Crippen LogP) is 7.32. The summed E-state index contributed by atoms with van der Waals surface area (Å²) in [4.78, 5) is 15.4. The third kappa shape index (κ3) is 5.73. The number of hydrogen-bond acceptors (Lipinski definition) is 2. The molecular formula is C30H24F4N2O. The Labute approximate surface area is 212 Å². The molecule has 4 aromatic rings. The van der Waals surface area contributed by atoms with E-state index in [1.54, 1.807) is 36.4 Å². The van der Waals surface area contributed by atoms with Crippen molar-refractivity contribution >= 4 is 11.6 Å². The predicted molar refractivity (Wildman–Crippen MR) is 135 cm³/mol. The summed E-state index contributed by atoms with van der Waals surface area (Å²) < 4.78 is 52.4. The summed E-state index contributed by atoms with van der Waals surface area (Å²) in [5.41, 5.74) is 4.61. The van der Waals surface area contributed by atoms with Crippen LogP contribution in [0.4, 0.5) is 23.2 Å². The molecule has 1 aliphatic rings. The molecule has 3 nitrogen and oxygen atoms in total. The molecule has 5 rings (SSSR count). The van der Waals surface area contributed by atoms with Crippen LogP contribution < -0.4 is 5.32 Å². The average molecular weight is 505 g/mol. The Kier molecular flexibility index (Phi) is 6.80. The van der Waals surface area contributed by atoms with E-state index in [0.717, 1.165) is 48.3 Å². The first-order chi connectivity index (χ1) is 17.8. The molecule has 0 unspecified atom stereocenters. The normalized spacial score (nSPS) is 13.7. The minimum Gasteiger partial charge on any atom is -0.322 e. The maximum atomic E-state index is 13.5. The van der Waals surface area contributed by atoms with Gasteiger partial charge in [0, 0.05) is 30.9 Å². The fourth-order valence-electron chi connectivity index (χ4n) is 4.69. The van der Waals surface area contributed by atoms with Gasteiger partial charge in [0.05, 0.1) is 5.56 Å². The number of carbonyl (C=O) groups is 1. The molecule has 4 aromatic carbocycles. The second-order valence-corrected chi connectivity index (χ2v) is 9.15. The molecule has 1 N–H and O–H groups in total. The highest BCUT2D eigenvalue weighted by Crippen LogP contribution is 2.32. The molecular weight excluding hydrogens is 480 g/mol. The van der Waals surface area contributed by atoms with Crippen LogP contribution in [0, 0.1) is 5.82 Å². The molecule has 188 valence electrons. The number of fused-ring (bicyclic) bond motifs is 1. The number of benzene rings is 4. The molecule has 0 aliphatic carbocycles. The van der Waals surface area contributed by atoms with Gasteiger partial charge in [0.2, 0.25) is 0 Å². The van der Waals surface area contributed by atoms with E-state index in [0.29, 0.717) is 28.9 Å². The minimum absolute atomic E-state index is 0.241. The van der Waals surface area contributed by atoms with Gasteiger partial charge in [-0.1, -0.05) is 48.5 Å². The summed E-state index contributed by atoms with van der Waals surface area (Å²) in [6.07, 6.45) is -3.62. The number of nitrogens with one attached hydrogen (secondary N) is 1. The summed E-state index contributed by atoms with van der Waals surface area (Å²) in [7, 11) is 0. The number of carbonyl (C=O) groups excluding carboxylic acids is 1. The van der Waals surface area contributed by atoms with Crippen LogP contribution in [0.15, 0.2) is 91.0 Å². The van der Waals surface area contributed by atoms with Gasteiger partial charge in [0.25, 0.3) is 5.91 Å². The van der Waals surface area contributed by atoms with Crippen molar-refractivity contribution in [1.29, 1.82) is 0 Å². The zero-order valence-corrected chi connectivity index (χ0v) is 19.9. The highest BCUT2D eigenvalue weighted by atomic mass is 19.4. The lowest BCUT2D eigenvalue weighted by atomic mass is 9.97. The van der Waals surface area contributed by atoms with Crippen molar-refractivity contribution in [3.63, 3.8) is 0 Å². The molecule has 0 fully saturated rings. The van der Waals surface area contributed by atoms with Gasteiger partial charge in [0.1, 0.15) is 5.82 Å². The Hall–Kier alpha value is -3.97. The van der Waals surface area contributed by atoms with Crippen LogP contribution in [-0.4, -0.2) is 17.4 Å². The fourth-order valence-corrected chi connectivity index (χ4v) is 4.69. The van der Waals surface area contributed by atoms with Gasteiger partial charge in [0.15, 0.2) is 0 Å². The molecule has 0 bridgehead atoms. The van der Waals surface area contributed by atoms with Gasteiger partial charge in [-0.15, -0.1) is 0 Å². The lowest BCUT2D eigenvalue weighted by Gasteiger charge is -2.29. The Balaban J connectivity index is 1.30. The Bertz CT molecular complexity index is 1430. The van der Waals surface area contributed by atoms with E-state index >= 15 is 0 Å². The highest BCUT2D eigenvalue weighted by Gasteiger charge is 2.30.